The molecule has 2 aromatic carbocycles. The van der Waals surface area contributed by atoms with Crippen molar-refractivity contribution >= 4 is 18.8 Å². The summed E-state index contributed by atoms with van der Waals surface area (Å²) >= 11 is 0. The lowest BCUT2D eigenvalue weighted by molar-refractivity contribution is 0.161. The van der Waals surface area contributed by atoms with Gasteiger partial charge in [-0.25, -0.2) is 0 Å². The van der Waals surface area contributed by atoms with Crippen LogP contribution in [0.2, 0.25) is 19.6 Å². The fourth-order valence-corrected chi connectivity index (χ4v) is 4.32. The van der Waals surface area contributed by atoms with Crippen LogP contribution in [0.4, 0.5) is 0 Å². The molecule has 0 amide bonds. The molecule has 0 aliphatic heterocycles. The van der Waals surface area contributed by atoms with Crippen molar-refractivity contribution in [1.82, 2.24) is 0 Å². The van der Waals surface area contributed by atoms with Crippen LogP contribution < -0.4 is 0 Å². The molecule has 0 fully saturated rings. The third kappa shape index (κ3) is 2.43. The number of rotatable bonds is 3. The molecular weight excluding hydrogens is 224 g/mol. The first-order chi connectivity index (χ1) is 8.04. The van der Waals surface area contributed by atoms with E-state index in [4.69, 9.17) is 4.74 Å². The van der Waals surface area contributed by atoms with Crippen LogP contribution >= 0.6 is 0 Å². The lowest BCUT2D eigenvalue weighted by Crippen LogP contribution is -2.32. The first kappa shape index (κ1) is 12.3. The van der Waals surface area contributed by atoms with Gasteiger partial charge in [0.25, 0.3) is 0 Å². The Morgan fingerprint density at radius 1 is 0.941 bits per heavy atom. The van der Waals surface area contributed by atoms with Gasteiger partial charge in [-0.15, -0.1) is 0 Å². The van der Waals surface area contributed by atoms with Crippen molar-refractivity contribution in [3.63, 3.8) is 0 Å². The summed E-state index contributed by atoms with van der Waals surface area (Å²) in [7, 11) is 0.457. The van der Waals surface area contributed by atoms with Gasteiger partial charge in [-0.05, 0) is 16.3 Å². The Morgan fingerprint density at radius 2 is 1.59 bits per heavy atom. The molecule has 0 N–H and O–H groups in total. The van der Waals surface area contributed by atoms with Gasteiger partial charge in [0.15, 0.2) is 0 Å². The van der Waals surface area contributed by atoms with Crippen molar-refractivity contribution in [2.45, 2.75) is 25.4 Å². The summed E-state index contributed by atoms with van der Waals surface area (Å²) in [5.74, 6) is 0. The quantitative estimate of drug-likeness (QED) is 0.727. The molecule has 17 heavy (non-hydrogen) atoms. The predicted molar refractivity (Wildman–Crippen MR) is 77.0 cm³/mol. The van der Waals surface area contributed by atoms with Gasteiger partial charge in [-0.1, -0.05) is 62.1 Å². The molecule has 2 heteroatoms. The van der Waals surface area contributed by atoms with E-state index in [2.05, 4.69) is 62.1 Å². The Balaban J connectivity index is 2.62. The first-order valence-electron chi connectivity index (χ1n) is 6.04. The van der Waals surface area contributed by atoms with Crippen LogP contribution in [0.1, 0.15) is 11.3 Å². The Kier molecular flexibility index (Phi) is 3.36. The van der Waals surface area contributed by atoms with Crippen molar-refractivity contribution in [2.75, 3.05) is 7.11 Å². The van der Waals surface area contributed by atoms with Crippen molar-refractivity contribution in [2.24, 2.45) is 0 Å². The van der Waals surface area contributed by atoms with Gasteiger partial charge in [-0.3, -0.25) is 0 Å². The minimum Gasteiger partial charge on any atom is -0.380 e. The largest absolute Gasteiger partial charge is 0.380 e. The molecule has 2 aromatic rings. The molecule has 1 atom stereocenters. The van der Waals surface area contributed by atoms with Crippen LogP contribution in [0.3, 0.4) is 0 Å². The fraction of sp³-hybridized carbons (Fsp3) is 0.333. The lowest BCUT2D eigenvalue weighted by atomic mass is 10.1. The molecule has 0 saturated carbocycles. The van der Waals surface area contributed by atoms with E-state index in [1.807, 2.05) is 7.11 Å². The van der Waals surface area contributed by atoms with E-state index in [1.165, 1.54) is 16.3 Å². The summed E-state index contributed by atoms with van der Waals surface area (Å²) in [6.45, 7) is 7.05. The molecular formula is C15H20OSi. The highest BCUT2D eigenvalue weighted by molar-refractivity contribution is 6.77. The zero-order chi connectivity index (χ0) is 12.5. The third-order valence-electron chi connectivity index (χ3n) is 3.13. The number of hydrogen-bond acceptors (Lipinski definition) is 1. The highest BCUT2D eigenvalue weighted by atomic mass is 28.3. The molecule has 0 aliphatic rings. The Morgan fingerprint density at radius 3 is 2.24 bits per heavy atom. The van der Waals surface area contributed by atoms with Crippen LogP contribution in [0.5, 0.6) is 0 Å². The number of hydrogen-bond donors (Lipinski definition) is 0. The second-order valence-corrected chi connectivity index (χ2v) is 10.8. The van der Waals surface area contributed by atoms with E-state index in [-0.39, 0.29) is 5.73 Å². The monoisotopic (exact) mass is 244 g/mol. The molecule has 0 spiro atoms. The van der Waals surface area contributed by atoms with Crippen molar-refractivity contribution in [3.05, 3.63) is 48.0 Å². The second-order valence-electron chi connectivity index (χ2n) is 5.55. The number of fused-ring (bicyclic) bond motifs is 1. The molecule has 90 valence electrons. The Bertz CT molecular complexity index is 508. The van der Waals surface area contributed by atoms with Crippen molar-refractivity contribution in [1.29, 1.82) is 0 Å². The summed E-state index contributed by atoms with van der Waals surface area (Å²) in [6.07, 6.45) is 0. The van der Waals surface area contributed by atoms with Gasteiger partial charge in [0.1, 0.15) is 0 Å². The standard InChI is InChI=1S/C15H20OSi/c1-16-15(17(2,3)4)14-11-7-9-12-8-5-6-10-13(12)14/h5-11,15H,1-4H3. The van der Waals surface area contributed by atoms with Crippen molar-refractivity contribution in [3.8, 4) is 0 Å². The maximum absolute atomic E-state index is 5.77. The topological polar surface area (TPSA) is 9.23 Å². The van der Waals surface area contributed by atoms with Gasteiger partial charge in [0.05, 0.1) is 13.8 Å². The Hall–Kier alpha value is -1.12. The van der Waals surface area contributed by atoms with Crippen LogP contribution in [0.25, 0.3) is 10.8 Å². The predicted octanol–water partition coefficient (Wildman–Crippen LogP) is 4.40. The second kappa shape index (κ2) is 4.63. The molecule has 0 aliphatic carbocycles. The summed E-state index contributed by atoms with van der Waals surface area (Å²) in [5.41, 5.74) is 1.60. The maximum Gasteiger partial charge on any atom is 0.0842 e. The summed E-state index contributed by atoms with van der Waals surface area (Å²) in [4.78, 5) is 0. The average Bonchev–Trinajstić information content (AvgIpc) is 2.28. The zero-order valence-corrected chi connectivity index (χ0v) is 12.0. The lowest BCUT2D eigenvalue weighted by Gasteiger charge is -2.29. The third-order valence-corrected chi connectivity index (χ3v) is 5.25. The highest BCUT2D eigenvalue weighted by Gasteiger charge is 2.29. The van der Waals surface area contributed by atoms with Gasteiger partial charge in [0, 0.05) is 7.11 Å². The number of ether oxygens (including phenoxy) is 1. The van der Waals surface area contributed by atoms with Crippen LogP contribution in [-0.2, 0) is 4.74 Å². The summed E-state index contributed by atoms with van der Waals surface area (Å²) in [6, 6.07) is 15.0. The molecule has 0 heterocycles. The average molecular weight is 244 g/mol. The van der Waals surface area contributed by atoms with E-state index in [9.17, 15) is 0 Å². The fourth-order valence-electron chi connectivity index (χ4n) is 2.43. The summed E-state index contributed by atoms with van der Waals surface area (Å²) < 4.78 is 5.77. The molecule has 0 aromatic heterocycles. The molecule has 0 bridgehead atoms. The minimum absolute atomic E-state index is 0.258. The Labute approximate surface area is 104 Å². The van der Waals surface area contributed by atoms with Crippen LogP contribution in [0.15, 0.2) is 42.5 Å². The zero-order valence-electron chi connectivity index (χ0n) is 11.0. The molecule has 1 unspecified atom stereocenters. The van der Waals surface area contributed by atoms with Gasteiger partial charge in [0.2, 0.25) is 0 Å². The van der Waals surface area contributed by atoms with Gasteiger partial charge >= 0.3 is 0 Å². The van der Waals surface area contributed by atoms with E-state index >= 15 is 0 Å². The normalized spacial score (nSPS) is 13.9. The van der Waals surface area contributed by atoms with Crippen molar-refractivity contribution < 1.29 is 4.74 Å². The van der Waals surface area contributed by atoms with Crippen LogP contribution in [-0.4, -0.2) is 15.2 Å². The van der Waals surface area contributed by atoms with Gasteiger partial charge < -0.3 is 4.74 Å². The number of methoxy groups -OCH3 is 1. The van der Waals surface area contributed by atoms with E-state index in [0.29, 0.717) is 0 Å². The van der Waals surface area contributed by atoms with E-state index < -0.39 is 8.07 Å². The maximum atomic E-state index is 5.77. The minimum atomic E-state index is -1.37. The van der Waals surface area contributed by atoms with Gasteiger partial charge in [-0.2, -0.15) is 0 Å². The SMILES string of the molecule is COC(c1cccc2ccccc12)[Si](C)(C)C. The molecule has 0 saturated heterocycles. The van der Waals surface area contributed by atoms with E-state index in [1.54, 1.807) is 0 Å². The molecule has 0 radical (unpaired) electrons. The van der Waals surface area contributed by atoms with E-state index in [0.717, 1.165) is 0 Å². The number of benzene rings is 2. The highest BCUT2D eigenvalue weighted by Crippen LogP contribution is 2.32. The van der Waals surface area contributed by atoms with Crippen LogP contribution in [0, 0.1) is 0 Å². The first-order valence-corrected chi connectivity index (χ1v) is 9.62. The smallest absolute Gasteiger partial charge is 0.0842 e. The molecule has 2 rings (SSSR count). The molecule has 1 nitrogen and oxygen atoms in total. The summed E-state index contributed by atoms with van der Waals surface area (Å²) in [5, 5.41) is 2.62.